The minimum absolute atomic E-state index is 0.0813. The highest BCUT2D eigenvalue weighted by Crippen LogP contribution is 2.37. The molecule has 1 atom stereocenters. The Morgan fingerprint density at radius 2 is 2.00 bits per heavy atom. The Bertz CT molecular complexity index is 873. The predicted octanol–water partition coefficient (Wildman–Crippen LogP) is 3.45. The van der Waals surface area contributed by atoms with Crippen LogP contribution in [0, 0.1) is 0 Å². The molecule has 0 aromatic heterocycles. The fraction of sp³-hybridized carbons (Fsp3) is 0.364. The number of hydrogen-bond acceptors (Lipinski definition) is 4. The summed E-state index contributed by atoms with van der Waals surface area (Å²) >= 11 is 6.30. The van der Waals surface area contributed by atoms with Crippen molar-refractivity contribution in [2.24, 2.45) is 5.73 Å². The second-order valence-corrected chi connectivity index (χ2v) is 7.47. The summed E-state index contributed by atoms with van der Waals surface area (Å²) in [6.07, 6.45) is 3.82. The summed E-state index contributed by atoms with van der Waals surface area (Å²) in [5.74, 6) is -0.211. The van der Waals surface area contributed by atoms with E-state index in [1.165, 1.54) is 12.7 Å². The van der Waals surface area contributed by atoms with Crippen LogP contribution < -0.4 is 15.2 Å². The lowest BCUT2D eigenvalue weighted by Crippen LogP contribution is -2.35. The highest BCUT2D eigenvalue weighted by Gasteiger charge is 2.30. The van der Waals surface area contributed by atoms with Crippen molar-refractivity contribution in [2.75, 3.05) is 20.3 Å². The van der Waals surface area contributed by atoms with Gasteiger partial charge in [-0.25, -0.2) is 0 Å². The van der Waals surface area contributed by atoms with E-state index in [9.17, 15) is 9.59 Å². The van der Waals surface area contributed by atoms with Crippen LogP contribution in [0.4, 0.5) is 0 Å². The fourth-order valence-electron chi connectivity index (χ4n) is 3.67. The Labute approximate surface area is 175 Å². The minimum Gasteiger partial charge on any atom is -0.493 e. The molecule has 1 aliphatic rings. The Morgan fingerprint density at radius 3 is 2.69 bits per heavy atom. The molecule has 0 spiro atoms. The maximum atomic E-state index is 13.2. The zero-order valence-electron chi connectivity index (χ0n) is 16.4. The number of primary amides is 1. The molecule has 0 radical (unpaired) electrons. The first kappa shape index (κ1) is 21.0. The molecular formula is C22H25ClN2O4. The lowest BCUT2D eigenvalue weighted by molar-refractivity contribution is -0.119. The number of aryl methyl sites for hydroxylation is 1. The zero-order chi connectivity index (χ0) is 20.8. The number of rotatable bonds is 8. The highest BCUT2D eigenvalue weighted by molar-refractivity contribution is 6.32. The summed E-state index contributed by atoms with van der Waals surface area (Å²) in [5, 5.41) is 0.203. The van der Waals surface area contributed by atoms with Crippen LogP contribution in [-0.4, -0.2) is 43.0 Å². The van der Waals surface area contributed by atoms with Crippen molar-refractivity contribution >= 4 is 23.4 Å². The van der Waals surface area contributed by atoms with Gasteiger partial charge in [0, 0.05) is 18.2 Å². The molecule has 0 aliphatic carbocycles. The summed E-state index contributed by atoms with van der Waals surface area (Å²) in [7, 11) is 1.45. The maximum absolute atomic E-state index is 13.2. The van der Waals surface area contributed by atoms with Gasteiger partial charge in [0.25, 0.3) is 11.8 Å². The van der Waals surface area contributed by atoms with Crippen LogP contribution in [0.1, 0.15) is 35.2 Å². The normalized spacial score (nSPS) is 15.9. The molecule has 29 heavy (non-hydrogen) atoms. The SMILES string of the molecule is COc1cc(C(=O)N2CCCC2CCc2ccccc2)cc(Cl)c1OCC(N)=O. The second kappa shape index (κ2) is 9.65. The van der Waals surface area contributed by atoms with Gasteiger partial charge in [-0.1, -0.05) is 41.9 Å². The Balaban J connectivity index is 1.74. The molecule has 2 aromatic carbocycles. The van der Waals surface area contributed by atoms with Gasteiger partial charge in [0.2, 0.25) is 0 Å². The lowest BCUT2D eigenvalue weighted by atomic mass is 10.0. The topological polar surface area (TPSA) is 81.9 Å². The maximum Gasteiger partial charge on any atom is 0.255 e. The van der Waals surface area contributed by atoms with Gasteiger partial charge in [0.1, 0.15) is 0 Å². The van der Waals surface area contributed by atoms with Gasteiger partial charge in [0.15, 0.2) is 18.1 Å². The van der Waals surface area contributed by atoms with E-state index in [2.05, 4.69) is 12.1 Å². The van der Waals surface area contributed by atoms with Crippen molar-refractivity contribution in [2.45, 2.75) is 31.7 Å². The predicted molar refractivity (Wildman–Crippen MR) is 112 cm³/mol. The van der Waals surface area contributed by atoms with Crippen molar-refractivity contribution in [3.05, 3.63) is 58.6 Å². The van der Waals surface area contributed by atoms with Gasteiger partial charge in [-0.05, 0) is 43.4 Å². The molecule has 1 heterocycles. The van der Waals surface area contributed by atoms with E-state index >= 15 is 0 Å². The van der Waals surface area contributed by atoms with Crippen molar-refractivity contribution in [3.8, 4) is 11.5 Å². The molecule has 1 saturated heterocycles. The number of carbonyl (C=O) groups is 2. The lowest BCUT2D eigenvalue weighted by Gasteiger charge is -2.25. The summed E-state index contributed by atoms with van der Waals surface area (Å²) in [5.41, 5.74) is 6.83. The number of hydrogen-bond donors (Lipinski definition) is 1. The van der Waals surface area contributed by atoms with Crippen LogP contribution in [0.15, 0.2) is 42.5 Å². The smallest absolute Gasteiger partial charge is 0.255 e. The van der Waals surface area contributed by atoms with Crippen molar-refractivity contribution in [1.29, 1.82) is 0 Å². The van der Waals surface area contributed by atoms with Gasteiger partial charge < -0.3 is 20.1 Å². The minimum atomic E-state index is -0.624. The molecule has 2 aromatic rings. The van der Waals surface area contributed by atoms with Crippen LogP contribution in [0.2, 0.25) is 5.02 Å². The average molecular weight is 417 g/mol. The van der Waals surface area contributed by atoms with E-state index in [0.29, 0.717) is 11.3 Å². The third-order valence-electron chi connectivity index (χ3n) is 5.08. The van der Waals surface area contributed by atoms with Crippen molar-refractivity contribution in [3.63, 3.8) is 0 Å². The van der Waals surface area contributed by atoms with Crippen molar-refractivity contribution < 1.29 is 19.1 Å². The number of ether oxygens (including phenoxy) is 2. The molecule has 154 valence electrons. The molecule has 7 heteroatoms. The molecule has 1 unspecified atom stereocenters. The van der Waals surface area contributed by atoms with E-state index in [4.69, 9.17) is 26.8 Å². The number of halogens is 1. The van der Waals surface area contributed by atoms with Gasteiger partial charge in [-0.3, -0.25) is 9.59 Å². The van der Waals surface area contributed by atoms with E-state index in [1.807, 2.05) is 23.1 Å². The van der Waals surface area contributed by atoms with Crippen LogP contribution in [0.25, 0.3) is 0 Å². The number of benzene rings is 2. The molecule has 3 rings (SSSR count). The third-order valence-corrected chi connectivity index (χ3v) is 5.36. The molecule has 2 amide bonds. The summed E-state index contributed by atoms with van der Waals surface area (Å²) in [6, 6.07) is 13.6. The Kier molecular flexibility index (Phi) is 6.99. The Morgan fingerprint density at radius 1 is 1.24 bits per heavy atom. The molecule has 2 N–H and O–H groups in total. The van der Waals surface area contributed by atoms with Crippen LogP contribution in [-0.2, 0) is 11.2 Å². The molecule has 1 fully saturated rings. The van der Waals surface area contributed by atoms with E-state index in [0.717, 1.165) is 32.2 Å². The zero-order valence-corrected chi connectivity index (χ0v) is 17.2. The molecule has 0 saturated carbocycles. The van der Waals surface area contributed by atoms with Crippen LogP contribution in [0.5, 0.6) is 11.5 Å². The van der Waals surface area contributed by atoms with Crippen molar-refractivity contribution in [1.82, 2.24) is 4.90 Å². The summed E-state index contributed by atoms with van der Waals surface area (Å²) < 4.78 is 10.6. The number of carbonyl (C=O) groups excluding carboxylic acids is 2. The van der Waals surface area contributed by atoms with Gasteiger partial charge >= 0.3 is 0 Å². The highest BCUT2D eigenvalue weighted by atomic mass is 35.5. The number of methoxy groups -OCH3 is 1. The number of nitrogens with zero attached hydrogens (tertiary/aromatic N) is 1. The number of likely N-dealkylation sites (tertiary alicyclic amines) is 1. The third kappa shape index (κ3) is 5.21. The van der Waals surface area contributed by atoms with E-state index < -0.39 is 5.91 Å². The summed E-state index contributed by atoms with van der Waals surface area (Å²) in [4.78, 5) is 26.1. The monoisotopic (exact) mass is 416 g/mol. The van der Waals surface area contributed by atoms with Crippen LogP contribution in [0.3, 0.4) is 0 Å². The summed E-state index contributed by atoms with van der Waals surface area (Å²) in [6.45, 7) is 0.398. The molecule has 1 aliphatic heterocycles. The van der Waals surface area contributed by atoms with Crippen LogP contribution >= 0.6 is 11.6 Å². The van der Waals surface area contributed by atoms with Gasteiger partial charge in [-0.15, -0.1) is 0 Å². The molecule has 0 bridgehead atoms. The number of amides is 2. The van der Waals surface area contributed by atoms with Gasteiger partial charge in [-0.2, -0.15) is 0 Å². The largest absolute Gasteiger partial charge is 0.493 e. The second-order valence-electron chi connectivity index (χ2n) is 7.06. The van der Waals surface area contributed by atoms with E-state index in [-0.39, 0.29) is 29.3 Å². The first-order valence-electron chi connectivity index (χ1n) is 9.63. The fourth-order valence-corrected chi connectivity index (χ4v) is 3.94. The average Bonchev–Trinajstić information content (AvgIpc) is 3.19. The molecule has 6 nitrogen and oxygen atoms in total. The molecular weight excluding hydrogens is 392 g/mol. The number of nitrogens with two attached hydrogens (primary N) is 1. The van der Waals surface area contributed by atoms with Gasteiger partial charge in [0.05, 0.1) is 12.1 Å². The quantitative estimate of drug-likeness (QED) is 0.714. The first-order chi connectivity index (χ1) is 14.0. The first-order valence-corrected chi connectivity index (χ1v) is 10.0. The Hall–Kier alpha value is -2.73. The van der Waals surface area contributed by atoms with E-state index in [1.54, 1.807) is 12.1 Å². The standard InChI is InChI=1S/C22H25ClN2O4/c1-28-19-13-16(12-18(23)21(19)29-14-20(24)26)22(27)25-11-5-8-17(25)10-9-15-6-3-2-4-7-15/h2-4,6-7,12-13,17H,5,8-11,14H2,1H3,(H2,24,26).